The monoisotopic (exact) mass is 490 g/mol. The number of hydrogen-bond donors (Lipinski definition) is 4. The SMILES string of the molecule is CC(C)C(=O)O.CC(C)C(O)C(C)(C)CO.O=C(O)c1ccccc1C(=O)OCc1ccccc1. The fourth-order valence-electron chi connectivity index (χ4n) is 2.64. The Labute approximate surface area is 207 Å². The van der Waals surface area contributed by atoms with Crippen LogP contribution in [0.3, 0.4) is 0 Å². The predicted molar refractivity (Wildman–Crippen MR) is 133 cm³/mol. The molecule has 8 heteroatoms. The average Bonchev–Trinajstić information content (AvgIpc) is 2.83. The molecule has 35 heavy (non-hydrogen) atoms. The van der Waals surface area contributed by atoms with Gasteiger partial charge in [-0.05, 0) is 23.6 Å². The highest BCUT2D eigenvalue weighted by Crippen LogP contribution is 2.24. The number of esters is 1. The number of aliphatic hydroxyl groups is 2. The maximum absolute atomic E-state index is 11.9. The van der Waals surface area contributed by atoms with Gasteiger partial charge >= 0.3 is 17.9 Å². The quantitative estimate of drug-likeness (QED) is 0.397. The third-order valence-corrected chi connectivity index (χ3v) is 4.92. The second-order valence-electron chi connectivity index (χ2n) is 9.24. The summed E-state index contributed by atoms with van der Waals surface area (Å²) in [6, 6.07) is 15.2. The van der Waals surface area contributed by atoms with Gasteiger partial charge in [-0.15, -0.1) is 0 Å². The second kappa shape index (κ2) is 15.6. The number of aliphatic hydroxyl groups excluding tert-OH is 2. The fraction of sp³-hybridized carbons (Fsp3) is 0.444. The minimum atomic E-state index is -1.15. The Hall–Kier alpha value is -3.23. The number of benzene rings is 2. The third-order valence-electron chi connectivity index (χ3n) is 4.92. The molecule has 0 amide bonds. The molecule has 0 saturated heterocycles. The van der Waals surface area contributed by atoms with Crippen molar-refractivity contribution in [2.24, 2.45) is 17.3 Å². The van der Waals surface area contributed by atoms with Gasteiger partial charge in [0.1, 0.15) is 6.61 Å². The van der Waals surface area contributed by atoms with E-state index >= 15 is 0 Å². The Bertz CT molecular complexity index is 920. The lowest BCUT2D eigenvalue weighted by Gasteiger charge is -2.30. The number of carbonyl (C=O) groups is 3. The summed E-state index contributed by atoms with van der Waals surface area (Å²) in [7, 11) is 0. The molecule has 0 fully saturated rings. The fourth-order valence-corrected chi connectivity index (χ4v) is 2.64. The van der Waals surface area contributed by atoms with Gasteiger partial charge in [-0.2, -0.15) is 0 Å². The molecule has 0 bridgehead atoms. The van der Waals surface area contributed by atoms with E-state index in [0.29, 0.717) is 0 Å². The molecule has 0 aliphatic heterocycles. The van der Waals surface area contributed by atoms with Crippen molar-refractivity contribution in [3.8, 4) is 0 Å². The standard InChI is InChI=1S/C15H12O4.C8H18O2.C4H8O2/c16-14(17)12-8-4-5-9-13(12)15(18)19-10-11-6-2-1-3-7-11;1-6(2)7(10)8(3,4)5-9;1-3(2)4(5)6/h1-9H,10H2,(H,16,17);6-7,9-10H,5H2,1-4H3;3H,1-2H3,(H,5,6). The van der Waals surface area contributed by atoms with E-state index in [0.717, 1.165) is 5.56 Å². The van der Waals surface area contributed by atoms with Crippen molar-refractivity contribution in [2.45, 2.75) is 54.3 Å². The molecule has 2 aromatic rings. The first-order chi connectivity index (χ1) is 16.2. The molecule has 0 aromatic heterocycles. The van der Waals surface area contributed by atoms with Crippen LogP contribution in [0.5, 0.6) is 0 Å². The molecule has 0 aliphatic rings. The summed E-state index contributed by atoms with van der Waals surface area (Å²) in [4.78, 5) is 32.5. The number of carboxylic acid groups (broad SMARTS) is 2. The molecule has 0 spiro atoms. The average molecular weight is 491 g/mol. The van der Waals surface area contributed by atoms with E-state index in [1.165, 1.54) is 12.1 Å². The molecule has 0 aliphatic carbocycles. The Morgan fingerprint density at radius 3 is 1.69 bits per heavy atom. The zero-order valence-electron chi connectivity index (χ0n) is 21.3. The zero-order valence-corrected chi connectivity index (χ0v) is 21.3. The first kappa shape index (κ1) is 31.8. The lowest BCUT2D eigenvalue weighted by Crippen LogP contribution is -2.36. The van der Waals surface area contributed by atoms with Crippen LogP contribution in [0.25, 0.3) is 0 Å². The third kappa shape index (κ3) is 12.2. The Kier molecular flexibility index (Phi) is 14.2. The van der Waals surface area contributed by atoms with Gasteiger partial charge in [-0.3, -0.25) is 4.79 Å². The number of hydrogen-bond acceptors (Lipinski definition) is 6. The van der Waals surface area contributed by atoms with Crippen LogP contribution in [0.1, 0.15) is 67.8 Å². The van der Waals surface area contributed by atoms with Crippen molar-refractivity contribution in [1.29, 1.82) is 0 Å². The topological polar surface area (TPSA) is 141 Å². The minimum Gasteiger partial charge on any atom is -0.481 e. The molecular formula is C27H38O8. The van der Waals surface area contributed by atoms with E-state index < -0.39 is 24.0 Å². The summed E-state index contributed by atoms with van der Waals surface area (Å²) in [5.41, 5.74) is 0.490. The molecule has 0 radical (unpaired) electrons. The number of aliphatic carboxylic acids is 1. The molecule has 8 nitrogen and oxygen atoms in total. The first-order valence-electron chi connectivity index (χ1n) is 11.3. The summed E-state index contributed by atoms with van der Waals surface area (Å²) in [6.07, 6.45) is -0.419. The smallest absolute Gasteiger partial charge is 0.339 e. The summed E-state index contributed by atoms with van der Waals surface area (Å²) in [5.74, 6) is -2.55. The van der Waals surface area contributed by atoms with Gasteiger partial charge in [0.15, 0.2) is 0 Å². The maximum atomic E-state index is 11.9. The van der Waals surface area contributed by atoms with Gasteiger partial charge < -0.3 is 25.2 Å². The maximum Gasteiger partial charge on any atom is 0.339 e. The highest BCUT2D eigenvalue weighted by Gasteiger charge is 2.29. The number of ether oxygens (including phenoxy) is 1. The molecule has 2 rings (SSSR count). The van der Waals surface area contributed by atoms with Crippen LogP contribution in [0.15, 0.2) is 54.6 Å². The molecule has 0 heterocycles. The van der Waals surface area contributed by atoms with E-state index in [-0.39, 0.29) is 41.6 Å². The van der Waals surface area contributed by atoms with Gasteiger partial charge in [0, 0.05) is 5.41 Å². The van der Waals surface area contributed by atoms with Crippen LogP contribution in [0.2, 0.25) is 0 Å². The van der Waals surface area contributed by atoms with Gasteiger partial charge in [0.05, 0.1) is 29.8 Å². The van der Waals surface area contributed by atoms with E-state index in [4.69, 9.17) is 20.1 Å². The molecule has 1 atom stereocenters. The Balaban J connectivity index is 0.000000606. The van der Waals surface area contributed by atoms with E-state index in [9.17, 15) is 19.5 Å². The molecular weight excluding hydrogens is 452 g/mol. The summed E-state index contributed by atoms with van der Waals surface area (Å²) in [6.45, 7) is 11.0. The first-order valence-corrected chi connectivity index (χ1v) is 11.3. The highest BCUT2D eigenvalue weighted by molar-refractivity contribution is 6.02. The van der Waals surface area contributed by atoms with Crippen LogP contribution in [-0.2, 0) is 16.1 Å². The van der Waals surface area contributed by atoms with Gasteiger partial charge in [-0.1, -0.05) is 84.0 Å². The lowest BCUT2D eigenvalue weighted by molar-refractivity contribution is -0.140. The van der Waals surface area contributed by atoms with Crippen molar-refractivity contribution < 1.29 is 39.5 Å². The van der Waals surface area contributed by atoms with Gasteiger partial charge in [0.25, 0.3) is 0 Å². The summed E-state index contributed by atoms with van der Waals surface area (Å²) < 4.78 is 5.10. The highest BCUT2D eigenvalue weighted by atomic mass is 16.5. The van der Waals surface area contributed by atoms with E-state index in [1.54, 1.807) is 26.0 Å². The number of aromatic carboxylic acids is 1. The van der Waals surface area contributed by atoms with Crippen LogP contribution in [0, 0.1) is 17.3 Å². The van der Waals surface area contributed by atoms with Crippen molar-refractivity contribution in [3.63, 3.8) is 0 Å². The summed E-state index contributed by atoms with van der Waals surface area (Å²) in [5, 5.41) is 35.3. The van der Waals surface area contributed by atoms with Crippen LogP contribution >= 0.6 is 0 Å². The number of carboxylic acids is 2. The van der Waals surface area contributed by atoms with Crippen molar-refractivity contribution >= 4 is 17.9 Å². The predicted octanol–water partition coefficient (Wildman–Crippen LogP) is 4.49. The largest absolute Gasteiger partial charge is 0.481 e. The van der Waals surface area contributed by atoms with Gasteiger partial charge in [-0.25, -0.2) is 9.59 Å². The lowest BCUT2D eigenvalue weighted by atomic mass is 9.82. The van der Waals surface area contributed by atoms with Crippen molar-refractivity contribution in [3.05, 3.63) is 71.3 Å². The molecule has 194 valence electrons. The minimum absolute atomic E-state index is 0.0341. The zero-order chi connectivity index (χ0) is 27.2. The van der Waals surface area contributed by atoms with E-state index in [2.05, 4.69) is 0 Å². The van der Waals surface area contributed by atoms with Crippen LogP contribution < -0.4 is 0 Å². The molecule has 0 saturated carbocycles. The molecule has 4 N–H and O–H groups in total. The Morgan fingerprint density at radius 1 is 0.857 bits per heavy atom. The number of rotatable bonds is 8. The van der Waals surface area contributed by atoms with E-state index in [1.807, 2.05) is 58.0 Å². The normalized spacial score (nSPS) is 11.5. The second-order valence-corrected chi connectivity index (χ2v) is 9.24. The van der Waals surface area contributed by atoms with Crippen LogP contribution in [0.4, 0.5) is 0 Å². The van der Waals surface area contributed by atoms with Crippen LogP contribution in [-0.4, -0.2) is 51.0 Å². The summed E-state index contributed by atoms with van der Waals surface area (Å²) >= 11 is 0. The van der Waals surface area contributed by atoms with Crippen molar-refractivity contribution in [2.75, 3.05) is 6.61 Å². The van der Waals surface area contributed by atoms with Crippen molar-refractivity contribution in [1.82, 2.24) is 0 Å². The molecule has 1 unspecified atom stereocenters. The molecule has 2 aromatic carbocycles. The Morgan fingerprint density at radius 2 is 1.31 bits per heavy atom. The number of carbonyl (C=O) groups excluding carboxylic acids is 1. The van der Waals surface area contributed by atoms with Gasteiger partial charge in [0.2, 0.25) is 0 Å².